The third-order valence-corrected chi connectivity index (χ3v) is 5.40. The van der Waals surface area contributed by atoms with E-state index in [1.54, 1.807) is 11.0 Å². The first-order valence-corrected chi connectivity index (χ1v) is 8.81. The van der Waals surface area contributed by atoms with Crippen LogP contribution in [0.2, 0.25) is 5.02 Å². The van der Waals surface area contributed by atoms with Crippen molar-refractivity contribution >= 4 is 39.2 Å². The molecule has 8 heteroatoms. The zero-order valence-electron chi connectivity index (χ0n) is 12.6. The van der Waals surface area contributed by atoms with Gasteiger partial charge in [-0.3, -0.25) is 14.2 Å². The summed E-state index contributed by atoms with van der Waals surface area (Å²) in [6.45, 7) is 1.58. The number of fused-ring (bicyclic) bond motifs is 1. The summed E-state index contributed by atoms with van der Waals surface area (Å²) in [5, 5.41) is 9.43. The number of aliphatic hydroxyl groups is 1. The highest BCUT2D eigenvalue weighted by Gasteiger charge is 2.23. The molecule has 0 spiro atoms. The van der Waals surface area contributed by atoms with Crippen molar-refractivity contribution in [3.8, 4) is 0 Å². The average Bonchev–Trinajstić information content (AvgIpc) is 2.84. The number of likely N-dealkylation sites (tertiary alicyclic amines) is 1. The van der Waals surface area contributed by atoms with Gasteiger partial charge < -0.3 is 10.0 Å². The Hall–Kier alpha value is -1.44. The standard InChI is InChI=1S/C15H18ClN3O3S/c16-11-7-12-14(17-8-11)23-15(22)19(12)9-13(21)18-4-1-10(2-5-18)3-6-20/h7-8,10,20H,1-6,9H2. The van der Waals surface area contributed by atoms with E-state index in [0.717, 1.165) is 30.6 Å². The Labute approximate surface area is 142 Å². The van der Waals surface area contributed by atoms with Crippen LogP contribution in [0, 0.1) is 5.92 Å². The van der Waals surface area contributed by atoms with Gasteiger partial charge in [0.15, 0.2) is 0 Å². The predicted molar refractivity (Wildman–Crippen MR) is 89.9 cm³/mol. The van der Waals surface area contributed by atoms with Crippen molar-refractivity contribution in [2.75, 3.05) is 19.7 Å². The summed E-state index contributed by atoms with van der Waals surface area (Å²) in [4.78, 5) is 30.9. The Balaban J connectivity index is 1.72. The number of nitrogens with zero attached hydrogens (tertiary/aromatic N) is 3. The lowest BCUT2D eigenvalue weighted by atomic mass is 9.94. The minimum absolute atomic E-state index is 0.0194. The van der Waals surface area contributed by atoms with Crippen molar-refractivity contribution in [1.29, 1.82) is 0 Å². The topological polar surface area (TPSA) is 75.4 Å². The third-order valence-electron chi connectivity index (χ3n) is 4.29. The van der Waals surface area contributed by atoms with E-state index >= 15 is 0 Å². The lowest BCUT2D eigenvalue weighted by molar-refractivity contribution is -0.133. The highest BCUT2D eigenvalue weighted by Crippen LogP contribution is 2.22. The van der Waals surface area contributed by atoms with E-state index in [-0.39, 0.29) is 23.9 Å². The normalized spacial score (nSPS) is 16.2. The molecule has 2 aromatic rings. The molecule has 0 aliphatic carbocycles. The van der Waals surface area contributed by atoms with Gasteiger partial charge in [0.2, 0.25) is 5.91 Å². The number of aromatic nitrogens is 2. The summed E-state index contributed by atoms with van der Waals surface area (Å²) >= 11 is 6.96. The third kappa shape index (κ3) is 3.57. The zero-order valence-corrected chi connectivity index (χ0v) is 14.1. The first-order chi connectivity index (χ1) is 11.1. The van der Waals surface area contributed by atoms with E-state index in [2.05, 4.69) is 4.98 Å². The second-order valence-corrected chi connectivity index (χ2v) is 7.14. The van der Waals surface area contributed by atoms with E-state index in [4.69, 9.17) is 16.7 Å². The Morgan fingerprint density at radius 3 is 2.87 bits per heavy atom. The molecule has 1 amide bonds. The number of piperidine rings is 1. The molecular weight excluding hydrogens is 338 g/mol. The van der Waals surface area contributed by atoms with E-state index < -0.39 is 0 Å². The van der Waals surface area contributed by atoms with Gasteiger partial charge in [0, 0.05) is 25.9 Å². The molecule has 6 nitrogen and oxygen atoms in total. The number of thiazole rings is 1. The van der Waals surface area contributed by atoms with Crippen molar-refractivity contribution in [2.24, 2.45) is 5.92 Å². The Bertz CT molecular complexity index is 765. The van der Waals surface area contributed by atoms with Crippen LogP contribution in [0.3, 0.4) is 0 Å². The lowest BCUT2D eigenvalue weighted by Gasteiger charge is -2.31. The molecular formula is C15H18ClN3O3S. The summed E-state index contributed by atoms with van der Waals surface area (Å²) in [5.74, 6) is 0.422. The van der Waals surface area contributed by atoms with Crippen LogP contribution in [-0.4, -0.2) is 45.2 Å². The number of pyridine rings is 1. The van der Waals surface area contributed by atoms with E-state index in [0.29, 0.717) is 34.4 Å². The monoisotopic (exact) mass is 355 g/mol. The van der Waals surface area contributed by atoms with Gasteiger partial charge in [0.25, 0.3) is 0 Å². The van der Waals surface area contributed by atoms with Crippen molar-refractivity contribution in [1.82, 2.24) is 14.5 Å². The summed E-state index contributed by atoms with van der Waals surface area (Å²) in [5.41, 5.74) is 0.607. The van der Waals surface area contributed by atoms with Crippen molar-refractivity contribution in [3.05, 3.63) is 27.0 Å². The second-order valence-electron chi connectivity index (χ2n) is 5.77. The maximum Gasteiger partial charge on any atom is 0.310 e. The van der Waals surface area contributed by atoms with Crippen LogP contribution in [0.15, 0.2) is 17.1 Å². The molecule has 0 bridgehead atoms. The van der Waals surface area contributed by atoms with Crippen LogP contribution in [0.5, 0.6) is 0 Å². The number of halogens is 1. The lowest BCUT2D eigenvalue weighted by Crippen LogP contribution is -2.41. The predicted octanol–water partition coefficient (Wildman–Crippen LogP) is 1.73. The van der Waals surface area contributed by atoms with E-state index in [9.17, 15) is 9.59 Å². The van der Waals surface area contributed by atoms with Crippen LogP contribution >= 0.6 is 22.9 Å². The van der Waals surface area contributed by atoms with Gasteiger partial charge in [0.1, 0.15) is 11.4 Å². The molecule has 1 fully saturated rings. The Kier molecular flexibility index (Phi) is 4.99. The van der Waals surface area contributed by atoms with Crippen molar-refractivity contribution in [2.45, 2.75) is 25.8 Å². The zero-order chi connectivity index (χ0) is 16.4. The summed E-state index contributed by atoms with van der Waals surface area (Å²) in [6, 6.07) is 1.67. The van der Waals surface area contributed by atoms with Crippen molar-refractivity contribution in [3.63, 3.8) is 0 Å². The molecule has 0 unspecified atom stereocenters. The number of amides is 1. The quantitative estimate of drug-likeness (QED) is 0.906. The Morgan fingerprint density at radius 1 is 1.43 bits per heavy atom. The fourth-order valence-electron chi connectivity index (χ4n) is 2.96. The maximum atomic E-state index is 12.5. The van der Waals surface area contributed by atoms with Gasteiger partial charge >= 0.3 is 4.87 Å². The Morgan fingerprint density at radius 2 is 2.17 bits per heavy atom. The highest BCUT2D eigenvalue weighted by atomic mass is 35.5. The second kappa shape index (κ2) is 6.98. The molecule has 3 heterocycles. The molecule has 124 valence electrons. The SMILES string of the molecule is O=C(Cn1c(=O)sc2ncc(Cl)cc21)N1CCC(CCO)CC1. The van der Waals surface area contributed by atoms with Crippen LogP contribution in [0.25, 0.3) is 10.3 Å². The van der Waals surface area contributed by atoms with E-state index in [1.807, 2.05) is 0 Å². The summed E-state index contributed by atoms with van der Waals surface area (Å²) in [6.07, 6.45) is 4.09. The van der Waals surface area contributed by atoms with Crippen molar-refractivity contribution < 1.29 is 9.90 Å². The van der Waals surface area contributed by atoms with Crippen LogP contribution in [-0.2, 0) is 11.3 Å². The van der Waals surface area contributed by atoms with Crippen LogP contribution < -0.4 is 4.87 Å². The number of hydrogen-bond donors (Lipinski definition) is 1. The number of carbonyl (C=O) groups is 1. The summed E-state index contributed by atoms with van der Waals surface area (Å²) < 4.78 is 1.45. The molecule has 0 radical (unpaired) electrons. The minimum atomic E-state index is -0.196. The number of hydrogen-bond acceptors (Lipinski definition) is 5. The summed E-state index contributed by atoms with van der Waals surface area (Å²) in [7, 11) is 0. The maximum absolute atomic E-state index is 12.5. The molecule has 1 aliphatic heterocycles. The molecule has 0 atom stereocenters. The first kappa shape index (κ1) is 16.4. The minimum Gasteiger partial charge on any atom is -0.396 e. The highest BCUT2D eigenvalue weighted by molar-refractivity contribution is 7.16. The fourth-order valence-corrected chi connectivity index (χ4v) is 3.93. The molecule has 0 aromatic carbocycles. The molecule has 0 saturated carbocycles. The fraction of sp³-hybridized carbons (Fsp3) is 0.533. The van der Waals surface area contributed by atoms with Gasteiger partial charge in [-0.1, -0.05) is 22.9 Å². The molecule has 1 N–H and O–H groups in total. The molecule has 1 saturated heterocycles. The van der Waals surface area contributed by atoms with Crippen LogP contribution in [0.1, 0.15) is 19.3 Å². The van der Waals surface area contributed by atoms with Gasteiger partial charge in [0.05, 0.1) is 10.5 Å². The molecule has 1 aliphatic rings. The van der Waals surface area contributed by atoms with Crippen LogP contribution in [0.4, 0.5) is 0 Å². The largest absolute Gasteiger partial charge is 0.396 e. The molecule has 3 rings (SSSR count). The smallest absolute Gasteiger partial charge is 0.310 e. The number of carbonyl (C=O) groups excluding carboxylic acids is 1. The van der Waals surface area contributed by atoms with Gasteiger partial charge in [-0.2, -0.15) is 0 Å². The van der Waals surface area contributed by atoms with E-state index in [1.165, 1.54) is 10.8 Å². The first-order valence-electron chi connectivity index (χ1n) is 7.62. The van der Waals surface area contributed by atoms with Gasteiger partial charge in [-0.25, -0.2) is 4.98 Å². The van der Waals surface area contributed by atoms with Gasteiger partial charge in [-0.05, 0) is 31.2 Å². The van der Waals surface area contributed by atoms with Gasteiger partial charge in [-0.15, -0.1) is 0 Å². The average molecular weight is 356 g/mol. The molecule has 23 heavy (non-hydrogen) atoms. The number of rotatable bonds is 4. The molecule has 2 aromatic heterocycles. The number of aliphatic hydroxyl groups excluding tert-OH is 1.